The monoisotopic (exact) mass is 366 g/mol. The second-order valence-electron chi connectivity index (χ2n) is 5.92. The Balaban J connectivity index is 1.68. The lowest BCUT2D eigenvalue weighted by Crippen LogP contribution is -2.04. The summed E-state index contributed by atoms with van der Waals surface area (Å²) in [5.74, 6) is 0.610. The van der Waals surface area contributed by atoms with Crippen LogP contribution in [-0.2, 0) is 6.18 Å². The van der Waals surface area contributed by atoms with Gasteiger partial charge in [-0.25, -0.2) is 4.98 Å². The molecular formula is C21H13F3N2O. The molecule has 0 aliphatic heterocycles. The van der Waals surface area contributed by atoms with Gasteiger partial charge >= 0.3 is 6.18 Å². The zero-order chi connectivity index (χ0) is 18.9. The molecule has 4 rings (SSSR count). The van der Waals surface area contributed by atoms with E-state index in [2.05, 4.69) is 9.97 Å². The molecule has 4 aromatic rings. The minimum atomic E-state index is -4.38. The van der Waals surface area contributed by atoms with Gasteiger partial charge in [-0.15, -0.1) is 0 Å². The fourth-order valence-electron chi connectivity index (χ4n) is 2.77. The maximum Gasteiger partial charge on any atom is 0.416 e. The van der Waals surface area contributed by atoms with Crippen LogP contribution in [-0.4, -0.2) is 9.97 Å². The zero-order valence-electron chi connectivity index (χ0n) is 13.9. The number of nitrogens with zero attached hydrogens (tertiary/aromatic N) is 2. The van der Waals surface area contributed by atoms with Gasteiger partial charge in [-0.3, -0.25) is 4.98 Å². The van der Waals surface area contributed by atoms with E-state index in [1.807, 2.05) is 30.3 Å². The van der Waals surface area contributed by atoms with E-state index in [0.717, 1.165) is 34.0 Å². The fraction of sp³-hybridized carbons (Fsp3) is 0.0476. The van der Waals surface area contributed by atoms with Gasteiger partial charge in [0.1, 0.15) is 5.75 Å². The van der Waals surface area contributed by atoms with E-state index in [0.29, 0.717) is 5.88 Å². The van der Waals surface area contributed by atoms with Crippen LogP contribution in [0.2, 0.25) is 0 Å². The molecule has 2 aromatic carbocycles. The molecule has 0 aliphatic carbocycles. The Morgan fingerprint density at radius 3 is 2.41 bits per heavy atom. The highest BCUT2D eigenvalue weighted by molar-refractivity contribution is 5.87. The summed E-state index contributed by atoms with van der Waals surface area (Å²) < 4.78 is 43.9. The largest absolute Gasteiger partial charge is 0.438 e. The number of ether oxygens (including phenoxy) is 1. The Hall–Kier alpha value is -3.41. The van der Waals surface area contributed by atoms with Gasteiger partial charge in [-0.2, -0.15) is 13.2 Å². The van der Waals surface area contributed by atoms with Crippen molar-refractivity contribution < 1.29 is 17.9 Å². The third-order valence-electron chi connectivity index (χ3n) is 4.12. The third kappa shape index (κ3) is 3.60. The summed E-state index contributed by atoms with van der Waals surface area (Å²) in [6.45, 7) is 0. The van der Waals surface area contributed by atoms with Crippen molar-refractivity contribution in [3.8, 4) is 22.8 Å². The third-order valence-corrected chi connectivity index (χ3v) is 4.12. The second kappa shape index (κ2) is 6.72. The van der Waals surface area contributed by atoms with Crippen molar-refractivity contribution in [3.63, 3.8) is 0 Å². The summed E-state index contributed by atoms with van der Waals surface area (Å²) in [6.07, 6.45) is 0.694. The molecule has 0 radical (unpaired) electrons. The summed E-state index contributed by atoms with van der Waals surface area (Å²) in [6, 6.07) is 16.0. The molecule has 0 fully saturated rings. The van der Waals surface area contributed by atoms with Crippen LogP contribution in [0.5, 0.6) is 11.6 Å². The minimum Gasteiger partial charge on any atom is -0.438 e. The molecule has 0 N–H and O–H groups in total. The Bertz CT molecular complexity index is 1090. The van der Waals surface area contributed by atoms with Crippen LogP contribution in [0, 0.1) is 0 Å². The van der Waals surface area contributed by atoms with Crippen LogP contribution >= 0.6 is 0 Å². The molecule has 0 saturated heterocycles. The number of hydrogen-bond donors (Lipinski definition) is 0. The summed E-state index contributed by atoms with van der Waals surface area (Å²) in [4.78, 5) is 8.34. The van der Waals surface area contributed by atoms with Crippen LogP contribution in [0.1, 0.15) is 5.56 Å². The molecule has 0 aliphatic rings. The van der Waals surface area contributed by atoms with Crippen molar-refractivity contribution in [2.45, 2.75) is 6.18 Å². The predicted molar refractivity (Wildman–Crippen MR) is 96.5 cm³/mol. The van der Waals surface area contributed by atoms with Crippen LogP contribution in [0.4, 0.5) is 13.2 Å². The second-order valence-corrected chi connectivity index (χ2v) is 5.92. The highest BCUT2D eigenvalue weighted by Crippen LogP contribution is 2.34. The van der Waals surface area contributed by atoms with Gasteiger partial charge in [0.05, 0.1) is 5.56 Å². The van der Waals surface area contributed by atoms with E-state index >= 15 is 0 Å². The number of fused-ring (bicyclic) bond motifs is 1. The molecule has 27 heavy (non-hydrogen) atoms. The standard InChI is InChI=1S/C21H13F3N2O/c22-21(23,24)17-5-7-18(8-6-17)27-20-19(2-1-10-26-20)15-3-4-16-13-25-11-9-14(16)12-15/h1-13H. The van der Waals surface area contributed by atoms with Crippen LogP contribution < -0.4 is 4.74 Å². The smallest absolute Gasteiger partial charge is 0.416 e. The summed E-state index contributed by atoms with van der Waals surface area (Å²) in [5.41, 5.74) is 0.916. The summed E-state index contributed by atoms with van der Waals surface area (Å²) in [5, 5.41) is 2.03. The SMILES string of the molecule is FC(F)(F)c1ccc(Oc2ncccc2-c2ccc3cnccc3c2)cc1. The molecule has 3 nitrogen and oxygen atoms in total. The molecule has 0 spiro atoms. The number of rotatable bonds is 3. The number of halogens is 3. The fourth-order valence-corrected chi connectivity index (χ4v) is 2.77. The Kier molecular flexibility index (Phi) is 4.24. The molecule has 0 saturated carbocycles. The van der Waals surface area contributed by atoms with E-state index in [-0.39, 0.29) is 5.75 Å². The molecule has 134 valence electrons. The zero-order valence-corrected chi connectivity index (χ0v) is 13.9. The highest BCUT2D eigenvalue weighted by Gasteiger charge is 2.30. The molecule has 2 heterocycles. The Labute approximate surface area is 153 Å². The van der Waals surface area contributed by atoms with Crippen LogP contribution in [0.3, 0.4) is 0 Å². The topological polar surface area (TPSA) is 35.0 Å². The van der Waals surface area contributed by atoms with E-state index in [1.165, 1.54) is 12.1 Å². The van der Waals surface area contributed by atoms with Crippen molar-refractivity contribution in [1.29, 1.82) is 0 Å². The van der Waals surface area contributed by atoms with Gasteiger partial charge in [0.2, 0.25) is 5.88 Å². The normalized spacial score (nSPS) is 11.5. The lowest BCUT2D eigenvalue weighted by atomic mass is 10.0. The van der Waals surface area contributed by atoms with E-state index in [4.69, 9.17) is 4.74 Å². The Morgan fingerprint density at radius 2 is 1.63 bits per heavy atom. The van der Waals surface area contributed by atoms with E-state index in [9.17, 15) is 13.2 Å². The first-order chi connectivity index (χ1) is 13.0. The van der Waals surface area contributed by atoms with Gasteiger partial charge in [-0.05, 0) is 59.5 Å². The number of alkyl halides is 3. The molecule has 2 aromatic heterocycles. The number of aromatic nitrogens is 2. The van der Waals surface area contributed by atoms with Gasteiger partial charge in [0.25, 0.3) is 0 Å². The lowest BCUT2D eigenvalue weighted by Gasteiger charge is -2.12. The van der Waals surface area contributed by atoms with Crippen molar-refractivity contribution in [3.05, 3.63) is 84.8 Å². The first-order valence-corrected chi connectivity index (χ1v) is 8.15. The molecule has 0 amide bonds. The van der Waals surface area contributed by atoms with Crippen molar-refractivity contribution in [1.82, 2.24) is 9.97 Å². The van der Waals surface area contributed by atoms with Crippen molar-refractivity contribution in [2.75, 3.05) is 0 Å². The van der Waals surface area contributed by atoms with Crippen LogP contribution in [0.15, 0.2) is 79.3 Å². The van der Waals surface area contributed by atoms with Crippen molar-refractivity contribution in [2.24, 2.45) is 0 Å². The Morgan fingerprint density at radius 1 is 0.815 bits per heavy atom. The molecule has 6 heteroatoms. The molecule has 0 unspecified atom stereocenters. The molecular weight excluding hydrogens is 353 g/mol. The highest BCUT2D eigenvalue weighted by atomic mass is 19.4. The number of hydrogen-bond acceptors (Lipinski definition) is 3. The molecule has 0 atom stereocenters. The number of pyridine rings is 2. The maximum absolute atomic E-state index is 12.7. The first-order valence-electron chi connectivity index (χ1n) is 8.15. The molecule has 0 bridgehead atoms. The average molecular weight is 366 g/mol. The van der Waals surface area contributed by atoms with Gasteiger partial charge in [-0.1, -0.05) is 12.1 Å². The van der Waals surface area contributed by atoms with E-state index < -0.39 is 11.7 Å². The number of benzene rings is 2. The predicted octanol–water partition coefficient (Wildman–Crippen LogP) is 6.11. The van der Waals surface area contributed by atoms with Crippen molar-refractivity contribution >= 4 is 10.8 Å². The minimum absolute atomic E-state index is 0.285. The van der Waals surface area contributed by atoms with E-state index in [1.54, 1.807) is 24.7 Å². The van der Waals surface area contributed by atoms with Gasteiger partial charge in [0.15, 0.2) is 0 Å². The summed E-state index contributed by atoms with van der Waals surface area (Å²) in [7, 11) is 0. The first kappa shape index (κ1) is 17.0. The lowest BCUT2D eigenvalue weighted by molar-refractivity contribution is -0.137. The quantitative estimate of drug-likeness (QED) is 0.439. The van der Waals surface area contributed by atoms with Gasteiger partial charge < -0.3 is 4.74 Å². The van der Waals surface area contributed by atoms with Crippen LogP contribution in [0.25, 0.3) is 21.9 Å². The average Bonchev–Trinajstić information content (AvgIpc) is 2.68. The van der Waals surface area contributed by atoms with Gasteiger partial charge in [0, 0.05) is 29.5 Å². The summed E-state index contributed by atoms with van der Waals surface area (Å²) >= 11 is 0. The maximum atomic E-state index is 12.7.